The molecule has 1 unspecified atom stereocenters. The molecule has 1 aromatic heterocycles. The van der Waals surface area contributed by atoms with E-state index >= 15 is 0 Å². The number of nitrogens with zero attached hydrogens (tertiary/aromatic N) is 1. The van der Waals surface area contributed by atoms with Crippen molar-refractivity contribution < 1.29 is 28.8 Å². The first kappa shape index (κ1) is 27.3. The predicted molar refractivity (Wildman–Crippen MR) is 140 cm³/mol. The van der Waals surface area contributed by atoms with Crippen LogP contribution in [0.2, 0.25) is 0 Å². The number of benzene rings is 2. The topological polar surface area (TPSA) is 87.1 Å². The Morgan fingerprint density at radius 2 is 1.81 bits per heavy atom. The number of carboxylic acids is 1. The predicted octanol–water partition coefficient (Wildman–Crippen LogP) is 6.20. The van der Waals surface area contributed by atoms with E-state index < -0.39 is 12.1 Å². The number of fused-ring (bicyclic) bond motifs is 1. The summed E-state index contributed by atoms with van der Waals surface area (Å²) in [5.74, 6) is 1.09. The summed E-state index contributed by atoms with van der Waals surface area (Å²) in [5, 5.41) is 10.4. The first-order chi connectivity index (χ1) is 17.6. The molecule has 3 rings (SSSR count). The highest BCUT2D eigenvalue weighted by Gasteiger charge is 2.20. The summed E-state index contributed by atoms with van der Waals surface area (Å²) in [5.41, 5.74) is 2.41. The Labute approximate surface area is 213 Å². The van der Waals surface area contributed by atoms with Gasteiger partial charge in [-0.25, -0.2) is 4.79 Å². The van der Waals surface area contributed by atoms with E-state index in [1.165, 1.54) is 19.3 Å². The first-order valence-corrected chi connectivity index (χ1v) is 12.7. The van der Waals surface area contributed by atoms with Crippen LogP contribution in [0.4, 0.5) is 0 Å². The summed E-state index contributed by atoms with van der Waals surface area (Å²) in [7, 11) is 1.64. The van der Waals surface area contributed by atoms with Crippen molar-refractivity contribution in [1.82, 2.24) is 4.98 Å². The maximum absolute atomic E-state index is 11.6. The molecule has 0 saturated carbocycles. The number of ether oxygens (including phenoxy) is 4. The van der Waals surface area contributed by atoms with E-state index in [9.17, 15) is 9.90 Å². The van der Waals surface area contributed by atoms with Crippen LogP contribution in [0.3, 0.4) is 0 Å². The molecule has 36 heavy (non-hydrogen) atoms. The maximum Gasteiger partial charge on any atom is 0.333 e. The lowest BCUT2D eigenvalue weighted by Crippen LogP contribution is -2.26. The van der Waals surface area contributed by atoms with E-state index in [0.717, 1.165) is 46.4 Å². The molecular weight excluding hydrogens is 458 g/mol. The molecule has 194 valence electrons. The third kappa shape index (κ3) is 7.59. The molecule has 0 aliphatic heterocycles. The van der Waals surface area contributed by atoms with Crippen molar-refractivity contribution in [3.63, 3.8) is 0 Å². The zero-order valence-corrected chi connectivity index (χ0v) is 21.5. The summed E-state index contributed by atoms with van der Waals surface area (Å²) < 4.78 is 23.3. The maximum atomic E-state index is 11.6. The zero-order chi connectivity index (χ0) is 25.8. The fourth-order valence-electron chi connectivity index (χ4n) is 4.06. The summed E-state index contributed by atoms with van der Waals surface area (Å²) in [6.45, 7) is 5.15. The second-order valence-electron chi connectivity index (χ2n) is 8.64. The lowest BCUT2D eigenvalue weighted by Gasteiger charge is -2.18. The van der Waals surface area contributed by atoms with Crippen molar-refractivity contribution in [2.24, 2.45) is 0 Å². The highest BCUT2D eigenvalue weighted by atomic mass is 16.5. The summed E-state index contributed by atoms with van der Waals surface area (Å²) in [6, 6.07) is 13.2. The number of hydrogen-bond acceptors (Lipinski definition) is 6. The van der Waals surface area contributed by atoms with Crippen LogP contribution in [0.1, 0.15) is 57.1 Å². The number of carbonyl (C=O) groups is 1. The Bertz CT molecular complexity index is 1120. The van der Waals surface area contributed by atoms with Gasteiger partial charge in [0.15, 0.2) is 6.10 Å². The summed E-state index contributed by atoms with van der Waals surface area (Å²) in [6.07, 6.45) is 6.82. The fraction of sp³-hybridized carbons (Fsp3) is 0.448. The number of para-hydroxylation sites is 1. The van der Waals surface area contributed by atoms with Crippen LogP contribution in [0, 0.1) is 0 Å². The average Bonchev–Trinajstić information content (AvgIpc) is 2.89. The van der Waals surface area contributed by atoms with Gasteiger partial charge in [-0.05, 0) is 43.2 Å². The second-order valence-corrected chi connectivity index (χ2v) is 8.64. The van der Waals surface area contributed by atoms with Crippen LogP contribution in [0.5, 0.6) is 17.2 Å². The van der Waals surface area contributed by atoms with Gasteiger partial charge in [-0.15, -0.1) is 0 Å². The monoisotopic (exact) mass is 495 g/mol. The van der Waals surface area contributed by atoms with Crippen LogP contribution < -0.4 is 14.2 Å². The Morgan fingerprint density at radius 1 is 1.00 bits per heavy atom. The molecule has 0 saturated heterocycles. The van der Waals surface area contributed by atoms with Gasteiger partial charge in [0.05, 0.1) is 24.8 Å². The molecule has 2 aromatic carbocycles. The van der Waals surface area contributed by atoms with Crippen LogP contribution >= 0.6 is 0 Å². The minimum absolute atomic E-state index is 0.216. The van der Waals surface area contributed by atoms with E-state index in [-0.39, 0.29) is 13.0 Å². The van der Waals surface area contributed by atoms with Crippen molar-refractivity contribution in [3.8, 4) is 17.2 Å². The zero-order valence-electron chi connectivity index (χ0n) is 21.5. The van der Waals surface area contributed by atoms with Crippen molar-refractivity contribution in [2.45, 2.75) is 65.1 Å². The Hall–Kier alpha value is -3.32. The summed E-state index contributed by atoms with van der Waals surface area (Å²) in [4.78, 5) is 16.2. The fourth-order valence-corrected chi connectivity index (χ4v) is 4.06. The molecule has 1 heterocycles. The van der Waals surface area contributed by atoms with Crippen LogP contribution in [-0.4, -0.2) is 42.5 Å². The number of unbranched alkanes of at least 4 members (excludes halogenated alkanes) is 4. The molecule has 0 bridgehead atoms. The number of hydrogen-bond donors (Lipinski definition) is 1. The van der Waals surface area contributed by atoms with Crippen LogP contribution in [-0.2, 0) is 22.6 Å². The minimum Gasteiger partial charge on any atom is -0.497 e. The van der Waals surface area contributed by atoms with Gasteiger partial charge in [0.2, 0.25) is 0 Å². The Kier molecular flexibility index (Phi) is 10.8. The first-order valence-electron chi connectivity index (χ1n) is 12.7. The van der Waals surface area contributed by atoms with Crippen LogP contribution in [0.25, 0.3) is 10.9 Å². The molecule has 0 fully saturated rings. The SMILES string of the molecule is CCCCCCCOc1c(COc2ccccc2CC(OCC)C(=O)O)cnc2ccc(OC)cc12. The van der Waals surface area contributed by atoms with Crippen molar-refractivity contribution >= 4 is 16.9 Å². The molecule has 0 amide bonds. The largest absolute Gasteiger partial charge is 0.497 e. The third-order valence-corrected chi connectivity index (χ3v) is 6.00. The van der Waals surface area contributed by atoms with E-state index in [2.05, 4.69) is 11.9 Å². The van der Waals surface area contributed by atoms with E-state index in [0.29, 0.717) is 19.0 Å². The number of aromatic nitrogens is 1. The van der Waals surface area contributed by atoms with Gasteiger partial charge in [-0.1, -0.05) is 50.8 Å². The average molecular weight is 496 g/mol. The van der Waals surface area contributed by atoms with Gasteiger partial charge in [-0.3, -0.25) is 4.98 Å². The van der Waals surface area contributed by atoms with Gasteiger partial charge in [0.25, 0.3) is 0 Å². The molecule has 7 heteroatoms. The lowest BCUT2D eigenvalue weighted by atomic mass is 10.1. The smallest absolute Gasteiger partial charge is 0.333 e. The molecule has 1 atom stereocenters. The van der Waals surface area contributed by atoms with Crippen molar-refractivity contribution in [1.29, 1.82) is 0 Å². The van der Waals surface area contributed by atoms with Crippen LogP contribution in [0.15, 0.2) is 48.7 Å². The number of aliphatic carboxylic acids is 1. The molecule has 1 N–H and O–H groups in total. The molecule has 0 spiro atoms. The molecule has 3 aromatic rings. The van der Waals surface area contributed by atoms with Crippen molar-refractivity contribution in [3.05, 3.63) is 59.8 Å². The second kappa shape index (κ2) is 14.3. The Balaban J connectivity index is 1.82. The van der Waals surface area contributed by atoms with Gasteiger partial charge in [0, 0.05) is 24.6 Å². The molecule has 0 aliphatic rings. The van der Waals surface area contributed by atoms with E-state index in [1.807, 2.05) is 42.5 Å². The normalized spacial score (nSPS) is 11.9. The highest BCUT2D eigenvalue weighted by Crippen LogP contribution is 2.33. The molecule has 0 radical (unpaired) electrons. The molecule has 7 nitrogen and oxygen atoms in total. The van der Waals surface area contributed by atoms with Gasteiger partial charge in [-0.2, -0.15) is 0 Å². The minimum atomic E-state index is -0.992. The van der Waals surface area contributed by atoms with Gasteiger partial charge >= 0.3 is 5.97 Å². The summed E-state index contributed by atoms with van der Waals surface area (Å²) >= 11 is 0. The molecule has 0 aliphatic carbocycles. The standard InChI is InChI=1S/C29H37NO6/c1-4-6-7-8-11-16-35-28-22(19-30-25-15-14-23(33-3)18-24(25)28)20-36-26-13-10-9-12-21(26)17-27(29(31)32)34-5-2/h9-10,12-15,18-19,27H,4-8,11,16-17,20H2,1-3H3,(H,31,32). The third-order valence-electron chi connectivity index (χ3n) is 6.00. The number of pyridine rings is 1. The van der Waals surface area contributed by atoms with E-state index in [4.69, 9.17) is 18.9 Å². The van der Waals surface area contributed by atoms with Gasteiger partial charge in [0.1, 0.15) is 23.9 Å². The number of carboxylic acid groups (broad SMARTS) is 1. The molecular formula is C29H37NO6. The Morgan fingerprint density at radius 3 is 2.56 bits per heavy atom. The van der Waals surface area contributed by atoms with Crippen molar-refractivity contribution in [2.75, 3.05) is 20.3 Å². The highest BCUT2D eigenvalue weighted by molar-refractivity contribution is 5.87. The van der Waals surface area contributed by atoms with Gasteiger partial charge < -0.3 is 24.1 Å². The van der Waals surface area contributed by atoms with E-state index in [1.54, 1.807) is 20.2 Å². The lowest BCUT2D eigenvalue weighted by molar-refractivity contribution is -0.149. The number of rotatable bonds is 16. The number of methoxy groups -OCH3 is 1. The quantitative estimate of drug-likeness (QED) is 0.237.